The van der Waals surface area contributed by atoms with Gasteiger partial charge in [-0.05, 0) is 171 Å². The number of fused-ring (bicyclic) bond motifs is 18. The largest absolute Gasteiger partial charge is 0.456 e. The molecule has 0 atom stereocenters. The predicted molar refractivity (Wildman–Crippen MR) is 520 cm³/mol. The van der Waals surface area contributed by atoms with Gasteiger partial charge in [0.1, 0.15) is 11.2 Å². The lowest BCUT2D eigenvalue weighted by Gasteiger charge is -2.13. The zero-order valence-corrected chi connectivity index (χ0v) is 68.4. The van der Waals surface area contributed by atoms with Crippen LogP contribution >= 0.6 is 11.3 Å². The van der Waals surface area contributed by atoms with E-state index in [0.29, 0.717) is 35.2 Å². The molecule has 0 aliphatic carbocycles. The molecule has 0 saturated carbocycles. The summed E-state index contributed by atoms with van der Waals surface area (Å²) >= 11 is 1.83. The molecule has 8 aromatic heterocycles. The van der Waals surface area contributed by atoms with E-state index in [1.807, 2.05) is 84.1 Å². The summed E-state index contributed by atoms with van der Waals surface area (Å²) in [5.41, 5.74) is 26.9. The van der Waals surface area contributed by atoms with Crippen molar-refractivity contribution in [2.24, 2.45) is 0 Å². The van der Waals surface area contributed by atoms with Crippen LogP contribution in [0, 0.1) is 0 Å². The molecule has 26 aromatic rings. The van der Waals surface area contributed by atoms with Crippen LogP contribution < -0.4 is 0 Å². The molecule has 0 bridgehead atoms. The molecule has 0 N–H and O–H groups in total. The van der Waals surface area contributed by atoms with Crippen LogP contribution in [0.4, 0.5) is 0 Å². The van der Waals surface area contributed by atoms with Crippen molar-refractivity contribution in [1.82, 2.24) is 48.2 Å². The second-order valence-electron chi connectivity index (χ2n) is 32.4. The molecule has 0 fully saturated rings. The number of aromatic nitrogens is 10. The lowest BCUT2D eigenvalue weighted by atomic mass is 9.95. The first kappa shape index (κ1) is 71.0. The fourth-order valence-corrected chi connectivity index (χ4v) is 20.7. The molecule has 0 aliphatic heterocycles. The molecule has 26 rings (SSSR count). The normalized spacial score (nSPS) is 12.0. The standard InChI is InChI=1S/C114H68N10OS/c1-7-26-69(27-8-1)109-115-110(70-28-9-2-10-29-70)118-113(117-109)123-99-59-52-79(82-40-24-46-103-106(82)93-64-75(53-60-102(93)125-103)77-48-55-85-83-38-19-21-44-95(83)122(100(85)67-77)81-36-17-6-18-37-81)66-90(99)86-56-49-78(68-101(86)123)74-51-58-98-92(63-74)91-62-73(50-57-97(91)121(98)80-34-15-5-16-35-80)76-54-61-104-94(65-76)107-87(41-25-47-105(107)126-104)89-43-23-42-88-84-39-20-22-45-96(84)124(108(88)89)114-119-111(71-30-11-3-12-31-71)116-112(120-114)72-32-13-4-14-33-72/h1-68H. The van der Waals surface area contributed by atoms with E-state index in [1.165, 1.54) is 36.5 Å². The number of furan rings is 1. The summed E-state index contributed by atoms with van der Waals surface area (Å²) in [6, 6.07) is 148. The minimum Gasteiger partial charge on any atom is -0.456 e. The van der Waals surface area contributed by atoms with Crippen molar-refractivity contribution in [2.45, 2.75) is 0 Å². The fraction of sp³-hybridized carbons (Fsp3) is 0. The van der Waals surface area contributed by atoms with Gasteiger partial charge in [-0.15, -0.1) is 11.3 Å². The molecule has 0 amide bonds. The molecule has 0 saturated heterocycles. The second-order valence-corrected chi connectivity index (χ2v) is 33.5. The Morgan fingerprint density at radius 3 is 1.14 bits per heavy atom. The third kappa shape index (κ3) is 11.4. The Morgan fingerprint density at radius 1 is 0.190 bits per heavy atom. The number of rotatable bonds is 13. The maximum atomic E-state index is 6.82. The summed E-state index contributed by atoms with van der Waals surface area (Å²) in [7, 11) is 0. The molecule has 586 valence electrons. The Labute approximate surface area is 725 Å². The van der Waals surface area contributed by atoms with Crippen molar-refractivity contribution in [3.8, 4) is 124 Å². The SMILES string of the molecule is c1ccc(-c2nc(-c3ccccc3)nc(-n3c4ccc(-c5cccc6oc7ccc(-c8ccc9c%10ccccc%10n(-c%10ccccc%10)c9c8)cc7c56)cc4c4ccc(-c5ccc6c(c5)c5cc(-c7ccc8sc9cccc(-c%10cccc%11c%12ccccc%12n(-c%12nc(-c%13ccccc%13)nc(-c%13ccccc%13)n%12)c%10%11)c9c8c7)ccc5n6-c5ccccc5)cc43)n2)cc1. The topological polar surface area (TPSA) is 110 Å². The van der Waals surface area contributed by atoms with Crippen LogP contribution in [0.15, 0.2) is 417 Å². The number of thiophene rings is 1. The molecule has 126 heavy (non-hydrogen) atoms. The van der Waals surface area contributed by atoms with Gasteiger partial charge in [0.05, 0.1) is 44.1 Å². The predicted octanol–water partition coefficient (Wildman–Crippen LogP) is 29.7. The Bertz CT molecular complexity index is 8840. The molecule has 0 aliphatic rings. The minimum atomic E-state index is 0.511. The van der Waals surface area contributed by atoms with Gasteiger partial charge in [0.25, 0.3) is 0 Å². The van der Waals surface area contributed by atoms with Crippen LogP contribution in [0.5, 0.6) is 0 Å². The molecule has 11 nitrogen and oxygen atoms in total. The fourth-order valence-electron chi connectivity index (χ4n) is 19.5. The van der Waals surface area contributed by atoms with Gasteiger partial charge in [-0.1, -0.05) is 291 Å². The monoisotopic (exact) mass is 1620 g/mol. The third-order valence-corrected chi connectivity index (χ3v) is 26.4. The van der Waals surface area contributed by atoms with Crippen LogP contribution in [-0.2, 0) is 0 Å². The minimum absolute atomic E-state index is 0.511. The van der Waals surface area contributed by atoms with Crippen LogP contribution in [0.1, 0.15) is 0 Å². The zero-order valence-electron chi connectivity index (χ0n) is 67.5. The Hall–Kier alpha value is -16.8. The van der Waals surface area contributed by atoms with Crippen molar-refractivity contribution < 1.29 is 4.42 Å². The third-order valence-electron chi connectivity index (χ3n) is 25.3. The van der Waals surface area contributed by atoms with E-state index in [0.717, 1.165) is 182 Å². The number of hydrogen-bond acceptors (Lipinski definition) is 8. The second kappa shape index (κ2) is 28.4. The van der Waals surface area contributed by atoms with Gasteiger partial charge in [-0.25, -0.2) is 9.97 Å². The van der Waals surface area contributed by atoms with Crippen molar-refractivity contribution in [1.29, 1.82) is 0 Å². The summed E-state index contributed by atoms with van der Waals surface area (Å²) in [5, 5.41) is 13.5. The van der Waals surface area contributed by atoms with E-state index >= 15 is 0 Å². The van der Waals surface area contributed by atoms with Crippen molar-refractivity contribution in [3.05, 3.63) is 413 Å². The first-order chi connectivity index (χ1) is 62.4. The van der Waals surface area contributed by atoms with Crippen LogP contribution in [0.3, 0.4) is 0 Å². The van der Waals surface area contributed by atoms with Crippen LogP contribution in [0.2, 0.25) is 0 Å². The van der Waals surface area contributed by atoms with E-state index in [1.54, 1.807) is 0 Å². The van der Waals surface area contributed by atoms with Gasteiger partial charge in [-0.3, -0.25) is 9.13 Å². The Morgan fingerprint density at radius 2 is 0.563 bits per heavy atom. The molecule has 8 heterocycles. The molecule has 0 radical (unpaired) electrons. The van der Waals surface area contributed by atoms with E-state index in [-0.39, 0.29) is 0 Å². The number of hydrogen-bond donors (Lipinski definition) is 0. The van der Waals surface area contributed by atoms with Crippen LogP contribution in [0.25, 0.3) is 254 Å². The van der Waals surface area contributed by atoms with Gasteiger partial charge in [0.15, 0.2) is 23.3 Å². The highest BCUT2D eigenvalue weighted by Crippen LogP contribution is 2.49. The smallest absolute Gasteiger partial charge is 0.238 e. The average Bonchev–Trinajstić information content (AvgIpc) is 1.59. The number of nitrogens with zero attached hydrogens (tertiary/aromatic N) is 10. The highest BCUT2D eigenvalue weighted by Gasteiger charge is 2.27. The van der Waals surface area contributed by atoms with Crippen molar-refractivity contribution in [2.75, 3.05) is 0 Å². The molecule has 12 heteroatoms. The lowest BCUT2D eigenvalue weighted by molar-refractivity contribution is 0.669. The molecule has 0 spiro atoms. The molecule has 18 aromatic carbocycles. The van der Waals surface area contributed by atoms with Gasteiger partial charge in [0.2, 0.25) is 11.9 Å². The quantitative estimate of drug-likeness (QED) is 0.113. The highest BCUT2D eigenvalue weighted by atomic mass is 32.1. The summed E-state index contributed by atoms with van der Waals surface area (Å²) in [4.78, 5) is 32.0. The van der Waals surface area contributed by atoms with E-state index in [9.17, 15) is 0 Å². The Balaban J connectivity index is 0.629. The van der Waals surface area contributed by atoms with Gasteiger partial charge in [-0.2, -0.15) is 19.9 Å². The average molecular weight is 1630 g/mol. The highest BCUT2D eigenvalue weighted by molar-refractivity contribution is 7.26. The lowest BCUT2D eigenvalue weighted by Crippen LogP contribution is -2.07. The first-order valence-corrected chi connectivity index (χ1v) is 43.3. The Kier molecular flexibility index (Phi) is 16.0. The van der Waals surface area contributed by atoms with Gasteiger partial charge < -0.3 is 13.6 Å². The molecular formula is C114H68N10OS. The number of benzene rings is 18. The summed E-state index contributed by atoms with van der Waals surface area (Å²) in [6.45, 7) is 0. The van der Waals surface area contributed by atoms with Crippen molar-refractivity contribution in [3.63, 3.8) is 0 Å². The first-order valence-electron chi connectivity index (χ1n) is 42.5. The van der Waals surface area contributed by atoms with E-state index in [2.05, 4.69) is 358 Å². The van der Waals surface area contributed by atoms with Crippen LogP contribution in [-0.4, -0.2) is 48.2 Å². The van der Waals surface area contributed by atoms with Gasteiger partial charge in [0, 0.05) is 113 Å². The van der Waals surface area contributed by atoms with E-state index < -0.39 is 0 Å². The molecule has 0 unspecified atom stereocenters. The van der Waals surface area contributed by atoms with Crippen molar-refractivity contribution >= 4 is 141 Å². The summed E-state index contributed by atoms with van der Waals surface area (Å²) in [6.07, 6.45) is 0. The summed E-state index contributed by atoms with van der Waals surface area (Å²) < 4.78 is 18.5. The zero-order chi connectivity index (χ0) is 82.6. The van der Waals surface area contributed by atoms with Gasteiger partial charge >= 0.3 is 0 Å². The van der Waals surface area contributed by atoms with E-state index in [4.69, 9.17) is 34.3 Å². The molecular weight excluding hydrogens is 1560 g/mol. The maximum absolute atomic E-state index is 6.82. The number of para-hydroxylation sites is 5. The summed E-state index contributed by atoms with van der Waals surface area (Å²) in [5.74, 6) is 3.43. The maximum Gasteiger partial charge on any atom is 0.238 e.